The van der Waals surface area contributed by atoms with Gasteiger partial charge in [0.15, 0.2) is 5.78 Å². The average molecular weight is 310 g/mol. The number of carbonyl (C=O) groups excluding carboxylic acids is 2. The molecule has 0 aliphatic carbocycles. The molecule has 120 valence electrons. The fraction of sp³-hybridized carbons (Fsp3) is 0.263. The van der Waals surface area contributed by atoms with E-state index in [1.54, 1.807) is 48.5 Å². The fourth-order valence-electron chi connectivity index (χ4n) is 2.17. The van der Waals surface area contributed by atoms with Crippen molar-refractivity contribution in [3.05, 3.63) is 71.8 Å². The topological polar surface area (TPSA) is 58.2 Å². The smallest absolute Gasteiger partial charge is 0.252 e. The van der Waals surface area contributed by atoms with Crippen molar-refractivity contribution in [1.82, 2.24) is 10.6 Å². The fourth-order valence-corrected chi connectivity index (χ4v) is 2.17. The van der Waals surface area contributed by atoms with E-state index in [-0.39, 0.29) is 17.2 Å². The van der Waals surface area contributed by atoms with E-state index in [1.165, 1.54) is 0 Å². The van der Waals surface area contributed by atoms with Gasteiger partial charge < -0.3 is 5.32 Å². The van der Waals surface area contributed by atoms with Crippen molar-refractivity contribution in [3.63, 3.8) is 0 Å². The van der Waals surface area contributed by atoms with Gasteiger partial charge in [0, 0.05) is 16.7 Å². The van der Waals surface area contributed by atoms with Gasteiger partial charge in [0.1, 0.15) is 6.17 Å². The molecule has 0 bridgehead atoms. The van der Waals surface area contributed by atoms with E-state index in [4.69, 9.17) is 0 Å². The molecule has 0 heterocycles. The molecule has 23 heavy (non-hydrogen) atoms. The van der Waals surface area contributed by atoms with Gasteiger partial charge in [-0.05, 0) is 32.9 Å². The minimum absolute atomic E-state index is 0.162. The molecule has 0 unspecified atom stereocenters. The lowest BCUT2D eigenvalue weighted by Crippen LogP contribution is -2.56. The molecular formula is C19H22N2O2. The zero-order valence-corrected chi connectivity index (χ0v) is 13.7. The molecule has 2 aromatic rings. The van der Waals surface area contributed by atoms with Crippen LogP contribution in [0.3, 0.4) is 0 Å². The van der Waals surface area contributed by atoms with Gasteiger partial charge in [0.05, 0.1) is 0 Å². The van der Waals surface area contributed by atoms with Gasteiger partial charge in [0.25, 0.3) is 5.91 Å². The number of ketones is 1. The van der Waals surface area contributed by atoms with Crippen LogP contribution in [0.1, 0.15) is 41.5 Å². The summed E-state index contributed by atoms with van der Waals surface area (Å²) in [5.41, 5.74) is 0.760. The van der Waals surface area contributed by atoms with E-state index in [9.17, 15) is 9.59 Å². The van der Waals surface area contributed by atoms with Crippen molar-refractivity contribution in [1.29, 1.82) is 0 Å². The normalized spacial score (nSPS) is 12.5. The van der Waals surface area contributed by atoms with E-state index >= 15 is 0 Å². The maximum atomic E-state index is 12.7. The van der Waals surface area contributed by atoms with Crippen LogP contribution < -0.4 is 10.6 Å². The first kappa shape index (κ1) is 16.9. The first-order valence-electron chi connectivity index (χ1n) is 7.60. The molecule has 0 fully saturated rings. The quantitative estimate of drug-likeness (QED) is 0.659. The number of rotatable bonds is 5. The summed E-state index contributed by atoms with van der Waals surface area (Å²) in [6.45, 7) is 5.85. The molecule has 0 aromatic heterocycles. The second-order valence-corrected chi connectivity index (χ2v) is 6.40. The Balaban J connectivity index is 2.21. The molecule has 0 spiro atoms. The van der Waals surface area contributed by atoms with Gasteiger partial charge >= 0.3 is 0 Å². The van der Waals surface area contributed by atoms with Crippen LogP contribution in [0.25, 0.3) is 0 Å². The summed E-state index contributed by atoms with van der Waals surface area (Å²) in [6, 6.07) is 17.8. The molecule has 4 nitrogen and oxygen atoms in total. The van der Waals surface area contributed by atoms with E-state index in [0.717, 1.165) is 0 Å². The molecule has 1 amide bonds. The molecule has 1 atom stereocenters. The van der Waals surface area contributed by atoms with Crippen LogP contribution in [-0.4, -0.2) is 23.4 Å². The lowest BCUT2D eigenvalue weighted by Gasteiger charge is -2.28. The Morgan fingerprint density at radius 3 is 1.78 bits per heavy atom. The third-order valence-corrected chi connectivity index (χ3v) is 3.21. The number of hydrogen-bond donors (Lipinski definition) is 2. The molecule has 2 N–H and O–H groups in total. The Hall–Kier alpha value is -2.46. The molecule has 4 heteroatoms. The monoisotopic (exact) mass is 310 g/mol. The highest BCUT2D eigenvalue weighted by Gasteiger charge is 2.26. The van der Waals surface area contributed by atoms with Crippen LogP contribution in [0, 0.1) is 0 Å². The van der Waals surface area contributed by atoms with E-state index in [1.807, 2.05) is 32.9 Å². The third kappa shape index (κ3) is 5.04. The first-order chi connectivity index (χ1) is 10.9. The number of hydrogen-bond acceptors (Lipinski definition) is 3. The summed E-state index contributed by atoms with van der Waals surface area (Å²) in [5.74, 6) is -0.443. The summed E-state index contributed by atoms with van der Waals surface area (Å²) in [7, 11) is 0. The van der Waals surface area contributed by atoms with Crippen LogP contribution in [0.2, 0.25) is 0 Å². The van der Waals surface area contributed by atoms with Crippen LogP contribution in [-0.2, 0) is 0 Å². The molecule has 0 saturated heterocycles. The van der Waals surface area contributed by atoms with Crippen LogP contribution in [0.4, 0.5) is 0 Å². The highest BCUT2D eigenvalue weighted by molar-refractivity contribution is 6.04. The first-order valence-corrected chi connectivity index (χ1v) is 7.60. The SMILES string of the molecule is CC(C)(C)N[C@H](NC(=O)c1ccccc1)C(=O)c1ccccc1. The van der Waals surface area contributed by atoms with Crippen molar-refractivity contribution in [2.75, 3.05) is 0 Å². The molecule has 2 aromatic carbocycles. The predicted molar refractivity (Wildman–Crippen MR) is 91.4 cm³/mol. The van der Waals surface area contributed by atoms with Crippen molar-refractivity contribution >= 4 is 11.7 Å². The number of carbonyl (C=O) groups is 2. The highest BCUT2D eigenvalue weighted by Crippen LogP contribution is 2.08. The van der Waals surface area contributed by atoms with Gasteiger partial charge in [-0.15, -0.1) is 0 Å². The predicted octanol–water partition coefficient (Wildman–Crippen LogP) is 3.01. The summed E-state index contributed by atoms with van der Waals surface area (Å²) >= 11 is 0. The van der Waals surface area contributed by atoms with Gasteiger partial charge in [-0.2, -0.15) is 0 Å². The molecule has 0 saturated carbocycles. The van der Waals surface area contributed by atoms with E-state index in [2.05, 4.69) is 10.6 Å². The summed E-state index contributed by atoms with van der Waals surface area (Å²) in [4.78, 5) is 25.1. The van der Waals surface area contributed by atoms with Crippen molar-refractivity contribution in [3.8, 4) is 0 Å². The highest BCUT2D eigenvalue weighted by atomic mass is 16.2. The minimum atomic E-state index is -0.787. The zero-order chi connectivity index (χ0) is 16.9. The standard InChI is InChI=1S/C19H22N2O2/c1-19(2,3)21-17(16(22)14-10-6-4-7-11-14)20-18(23)15-12-8-5-9-13-15/h4-13,17,21H,1-3H3,(H,20,23)/t17-/m0/s1. The lowest BCUT2D eigenvalue weighted by atomic mass is 10.0. The van der Waals surface area contributed by atoms with Crippen molar-refractivity contribution in [2.24, 2.45) is 0 Å². The molecular weight excluding hydrogens is 288 g/mol. The maximum absolute atomic E-state index is 12.7. The van der Waals surface area contributed by atoms with Crippen LogP contribution in [0.15, 0.2) is 60.7 Å². The molecule has 0 radical (unpaired) electrons. The number of nitrogens with one attached hydrogen (secondary N) is 2. The Labute approximate surface area is 136 Å². The van der Waals surface area contributed by atoms with Crippen LogP contribution >= 0.6 is 0 Å². The maximum Gasteiger partial charge on any atom is 0.252 e. The zero-order valence-electron chi connectivity index (χ0n) is 13.7. The molecule has 0 aliphatic rings. The van der Waals surface area contributed by atoms with Crippen molar-refractivity contribution in [2.45, 2.75) is 32.5 Å². The molecule has 0 aliphatic heterocycles. The Morgan fingerprint density at radius 1 is 0.826 bits per heavy atom. The average Bonchev–Trinajstić information content (AvgIpc) is 2.54. The number of amides is 1. The number of benzene rings is 2. The lowest BCUT2D eigenvalue weighted by molar-refractivity contribution is 0.0819. The van der Waals surface area contributed by atoms with Gasteiger partial charge in [0.2, 0.25) is 0 Å². The minimum Gasteiger partial charge on any atom is -0.330 e. The second kappa shape index (κ2) is 7.20. The Kier molecular flexibility index (Phi) is 5.29. The second-order valence-electron chi connectivity index (χ2n) is 6.40. The molecule has 2 rings (SSSR count). The van der Waals surface area contributed by atoms with E-state index in [0.29, 0.717) is 11.1 Å². The summed E-state index contributed by atoms with van der Waals surface area (Å²) < 4.78 is 0. The van der Waals surface area contributed by atoms with Gasteiger partial charge in [-0.25, -0.2) is 0 Å². The number of Topliss-reactive ketones (excluding diaryl/α,β-unsaturated/α-hetero) is 1. The Morgan fingerprint density at radius 2 is 1.30 bits per heavy atom. The van der Waals surface area contributed by atoms with Crippen LogP contribution in [0.5, 0.6) is 0 Å². The summed E-state index contributed by atoms with van der Waals surface area (Å²) in [5, 5.41) is 5.96. The largest absolute Gasteiger partial charge is 0.330 e. The van der Waals surface area contributed by atoms with Gasteiger partial charge in [-0.3, -0.25) is 14.9 Å². The van der Waals surface area contributed by atoms with Crippen molar-refractivity contribution < 1.29 is 9.59 Å². The summed E-state index contributed by atoms with van der Waals surface area (Å²) in [6.07, 6.45) is -0.787. The van der Waals surface area contributed by atoms with E-state index < -0.39 is 6.17 Å². The Bertz CT molecular complexity index is 661. The van der Waals surface area contributed by atoms with Gasteiger partial charge in [-0.1, -0.05) is 48.5 Å². The third-order valence-electron chi connectivity index (χ3n) is 3.21.